The van der Waals surface area contributed by atoms with Crippen LogP contribution in [0, 0.1) is 0 Å². The van der Waals surface area contributed by atoms with E-state index in [0.717, 1.165) is 42.2 Å². The fraction of sp³-hybridized carbons (Fsp3) is 0.429. The van der Waals surface area contributed by atoms with Crippen molar-refractivity contribution in [3.63, 3.8) is 0 Å². The zero-order chi connectivity index (χ0) is 13.9. The monoisotopic (exact) mass is 290 g/mol. The van der Waals surface area contributed by atoms with E-state index in [-0.39, 0.29) is 6.10 Å². The second-order valence-corrected chi connectivity index (χ2v) is 5.72. The average molecular weight is 290 g/mol. The van der Waals surface area contributed by atoms with Crippen molar-refractivity contribution >= 4 is 22.4 Å². The normalized spacial score (nSPS) is 19.9. The lowest BCUT2D eigenvalue weighted by Gasteiger charge is -2.23. The first-order valence-electron chi connectivity index (χ1n) is 6.78. The minimum atomic E-state index is 0.225. The standard InChI is InChI=1S/C14H18N4OS/c1-10-9-18(6-3-7-19-10)14-12(13(15)17-20-14)11-4-2-5-16-8-11/h2,4-5,8,10H,3,6-7,9H2,1H3,(H2,15,17). The molecule has 1 aliphatic rings. The molecule has 3 heterocycles. The molecule has 1 aliphatic heterocycles. The zero-order valence-electron chi connectivity index (χ0n) is 11.5. The van der Waals surface area contributed by atoms with Gasteiger partial charge in [-0.1, -0.05) is 6.07 Å². The van der Waals surface area contributed by atoms with Crippen LogP contribution in [0.2, 0.25) is 0 Å². The van der Waals surface area contributed by atoms with Gasteiger partial charge >= 0.3 is 0 Å². The van der Waals surface area contributed by atoms with Gasteiger partial charge in [0, 0.05) is 37.7 Å². The lowest BCUT2D eigenvalue weighted by molar-refractivity contribution is 0.0821. The van der Waals surface area contributed by atoms with Crippen molar-refractivity contribution in [3.8, 4) is 11.1 Å². The summed E-state index contributed by atoms with van der Waals surface area (Å²) in [4.78, 5) is 6.51. The quantitative estimate of drug-likeness (QED) is 0.920. The van der Waals surface area contributed by atoms with Gasteiger partial charge in [0.25, 0.3) is 0 Å². The molecule has 3 rings (SSSR count). The fourth-order valence-electron chi connectivity index (χ4n) is 2.47. The van der Waals surface area contributed by atoms with Crippen LogP contribution in [0.5, 0.6) is 0 Å². The lowest BCUT2D eigenvalue weighted by atomic mass is 10.1. The molecule has 20 heavy (non-hydrogen) atoms. The largest absolute Gasteiger partial charge is 0.382 e. The number of rotatable bonds is 2. The molecule has 0 amide bonds. The van der Waals surface area contributed by atoms with Gasteiger partial charge in [-0.3, -0.25) is 4.98 Å². The molecule has 1 fully saturated rings. The molecule has 1 unspecified atom stereocenters. The van der Waals surface area contributed by atoms with E-state index in [9.17, 15) is 0 Å². The minimum absolute atomic E-state index is 0.225. The number of hydrogen-bond donors (Lipinski definition) is 1. The molecule has 2 aromatic rings. The first kappa shape index (κ1) is 13.3. The molecule has 0 aromatic carbocycles. The van der Waals surface area contributed by atoms with Gasteiger partial charge < -0.3 is 15.4 Å². The molecule has 5 nitrogen and oxygen atoms in total. The van der Waals surface area contributed by atoms with Crippen LogP contribution in [0.15, 0.2) is 24.5 Å². The maximum atomic E-state index is 6.07. The molecule has 0 spiro atoms. The predicted octanol–water partition coefficient (Wildman–Crippen LogP) is 2.40. The maximum absolute atomic E-state index is 6.07. The Kier molecular flexibility index (Phi) is 3.84. The fourth-order valence-corrected chi connectivity index (χ4v) is 3.34. The molecule has 1 atom stereocenters. The highest BCUT2D eigenvalue weighted by Crippen LogP contribution is 2.39. The molecule has 2 aromatic heterocycles. The minimum Gasteiger partial charge on any atom is -0.382 e. The van der Waals surface area contributed by atoms with Crippen LogP contribution in [-0.2, 0) is 4.74 Å². The van der Waals surface area contributed by atoms with Crippen LogP contribution in [0.4, 0.5) is 10.8 Å². The van der Waals surface area contributed by atoms with Gasteiger partial charge in [-0.05, 0) is 30.9 Å². The van der Waals surface area contributed by atoms with Crippen molar-refractivity contribution in [2.45, 2.75) is 19.4 Å². The summed E-state index contributed by atoms with van der Waals surface area (Å²) in [7, 11) is 0. The van der Waals surface area contributed by atoms with Gasteiger partial charge in [0.05, 0.1) is 11.7 Å². The average Bonchev–Trinajstić information content (AvgIpc) is 2.71. The molecular weight excluding hydrogens is 272 g/mol. The lowest BCUT2D eigenvalue weighted by Crippen LogP contribution is -2.29. The number of nitrogens with two attached hydrogens (primary N) is 1. The number of ether oxygens (including phenoxy) is 1. The third kappa shape index (κ3) is 2.62. The van der Waals surface area contributed by atoms with Crippen molar-refractivity contribution in [1.29, 1.82) is 0 Å². The SMILES string of the molecule is CC1CN(c2snc(N)c2-c2cccnc2)CCCO1. The van der Waals surface area contributed by atoms with Gasteiger partial charge in [-0.25, -0.2) is 0 Å². The number of hydrogen-bond acceptors (Lipinski definition) is 6. The van der Waals surface area contributed by atoms with Gasteiger partial charge in [0.2, 0.25) is 0 Å². The summed E-state index contributed by atoms with van der Waals surface area (Å²) in [6, 6.07) is 3.94. The summed E-state index contributed by atoms with van der Waals surface area (Å²) in [6.07, 6.45) is 4.85. The van der Waals surface area contributed by atoms with E-state index in [1.165, 1.54) is 11.5 Å². The van der Waals surface area contributed by atoms with Gasteiger partial charge in [0.15, 0.2) is 0 Å². The Balaban J connectivity index is 1.98. The molecular formula is C14H18N4OS. The third-order valence-electron chi connectivity index (χ3n) is 3.39. The van der Waals surface area contributed by atoms with E-state index in [0.29, 0.717) is 5.82 Å². The highest BCUT2D eigenvalue weighted by molar-refractivity contribution is 7.11. The van der Waals surface area contributed by atoms with Crippen LogP contribution >= 0.6 is 11.5 Å². The molecule has 1 saturated heterocycles. The summed E-state index contributed by atoms with van der Waals surface area (Å²) in [5.41, 5.74) is 8.08. The van der Waals surface area contributed by atoms with Crippen molar-refractivity contribution in [1.82, 2.24) is 9.36 Å². The van der Waals surface area contributed by atoms with E-state index in [1.54, 1.807) is 6.20 Å². The van der Waals surface area contributed by atoms with Crippen molar-refractivity contribution in [3.05, 3.63) is 24.5 Å². The zero-order valence-corrected chi connectivity index (χ0v) is 12.3. The van der Waals surface area contributed by atoms with E-state index in [1.807, 2.05) is 18.3 Å². The highest BCUT2D eigenvalue weighted by Gasteiger charge is 2.22. The summed E-state index contributed by atoms with van der Waals surface area (Å²) in [6.45, 7) is 4.76. The number of nitrogen functional groups attached to an aromatic ring is 1. The molecule has 0 radical (unpaired) electrons. The number of pyridine rings is 1. The Morgan fingerprint density at radius 1 is 1.50 bits per heavy atom. The van der Waals surface area contributed by atoms with Crippen LogP contribution in [0.1, 0.15) is 13.3 Å². The Bertz CT molecular complexity index is 572. The van der Waals surface area contributed by atoms with Gasteiger partial charge in [0.1, 0.15) is 10.8 Å². The Morgan fingerprint density at radius 3 is 3.20 bits per heavy atom. The number of anilines is 2. The molecule has 6 heteroatoms. The number of aromatic nitrogens is 2. The highest BCUT2D eigenvalue weighted by atomic mass is 32.1. The Hall–Kier alpha value is -1.66. The summed E-state index contributed by atoms with van der Waals surface area (Å²) in [5, 5.41) is 1.12. The second-order valence-electron chi connectivity index (χ2n) is 4.97. The first-order chi connectivity index (χ1) is 9.75. The van der Waals surface area contributed by atoms with Crippen molar-refractivity contribution in [2.24, 2.45) is 0 Å². The van der Waals surface area contributed by atoms with Gasteiger partial charge in [-0.2, -0.15) is 4.37 Å². The summed E-state index contributed by atoms with van der Waals surface area (Å²) in [5.74, 6) is 0.579. The number of nitrogens with zero attached hydrogens (tertiary/aromatic N) is 3. The Labute approximate surface area is 122 Å². The van der Waals surface area contributed by atoms with Crippen molar-refractivity contribution in [2.75, 3.05) is 30.3 Å². The van der Waals surface area contributed by atoms with E-state index >= 15 is 0 Å². The van der Waals surface area contributed by atoms with Gasteiger partial charge in [-0.15, -0.1) is 0 Å². The van der Waals surface area contributed by atoms with E-state index in [2.05, 4.69) is 21.2 Å². The first-order valence-corrected chi connectivity index (χ1v) is 7.55. The van der Waals surface area contributed by atoms with Crippen LogP contribution < -0.4 is 10.6 Å². The molecule has 0 aliphatic carbocycles. The van der Waals surface area contributed by atoms with E-state index < -0.39 is 0 Å². The molecule has 106 valence electrons. The molecule has 0 saturated carbocycles. The molecule has 0 bridgehead atoms. The van der Waals surface area contributed by atoms with Crippen LogP contribution in [-0.4, -0.2) is 35.2 Å². The van der Waals surface area contributed by atoms with E-state index in [4.69, 9.17) is 10.5 Å². The topological polar surface area (TPSA) is 64.3 Å². The van der Waals surface area contributed by atoms with Crippen molar-refractivity contribution < 1.29 is 4.74 Å². The van der Waals surface area contributed by atoms with Crippen LogP contribution in [0.3, 0.4) is 0 Å². The smallest absolute Gasteiger partial charge is 0.147 e. The Morgan fingerprint density at radius 2 is 2.40 bits per heavy atom. The third-order valence-corrected chi connectivity index (χ3v) is 4.31. The second kappa shape index (κ2) is 5.76. The summed E-state index contributed by atoms with van der Waals surface area (Å²) >= 11 is 1.46. The molecule has 2 N–H and O–H groups in total. The summed E-state index contributed by atoms with van der Waals surface area (Å²) < 4.78 is 10.0. The predicted molar refractivity (Wildman–Crippen MR) is 82.0 cm³/mol. The van der Waals surface area contributed by atoms with Crippen LogP contribution in [0.25, 0.3) is 11.1 Å². The maximum Gasteiger partial charge on any atom is 0.147 e.